The molecule has 2 aliphatic heterocycles. The number of para-hydroxylation sites is 1. The number of piperidine rings is 1. The van der Waals surface area contributed by atoms with Gasteiger partial charge in [0.1, 0.15) is 0 Å². The Balaban J connectivity index is 0.00000261. The molecule has 2 fully saturated rings. The third kappa shape index (κ3) is 9.31. The fourth-order valence-electron chi connectivity index (χ4n) is 4.04. The first kappa shape index (κ1) is 28.3. The summed E-state index contributed by atoms with van der Waals surface area (Å²) in [5.74, 6) is 0.948. The van der Waals surface area contributed by atoms with Gasteiger partial charge in [-0.2, -0.15) is 0 Å². The van der Waals surface area contributed by atoms with Gasteiger partial charge in [-0.05, 0) is 57.3 Å². The lowest BCUT2D eigenvalue weighted by Crippen LogP contribution is -2.52. The van der Waals surface area contributed by atoms with Crippen molar-refractivity contribution >= 4 is 48.8 Å². The minimum absolute atomic E-state index is 0. The van der Waals surface area contributed by atoms with Crippen LogP contribution in [0.5, 0.6) is 0 Å². The van der Waals surface area contributed by atoms with Crippen molar-refractivity contribution in [1.29, 1.82) is 0 Å². The van der Waals surface area contributed by atoms with E-state index in [-0.39, 0.29) is 43.1 Å². The molecule has 29 heavy (non-hydrogen) atoms. The number of piperazine rings is 1. The molecule has 1 aromatic carbocycles. The number of halogens is 3. The van der Waals surface area contributed by atoms with E-state index in [1.807, 2.05) is 0 Å². The minimum Gasteiger partial charge on any atom is -0.369 e. The van der Waals surface area contributed by atoms with E-state index in [1.54, 1.807) is 0 Å². The molecule has 0 aromatic heterocycles. The van der Waals surface area contributed by atoms with Crippen LogP contribution in [0, 0.1) is 5.92 Å². The summed E-state index contributed by atoms with van der Waals surface area (Å²) in [5, 5.41) is 6.54. The van der Waals surface area contributed by atoms with Gasteiger partial charge in [-0.1, -0.05) is 18.2 Å². The number of carbonyl (C=O) groups is 1. The topological polar surface area (TPSA) is 47.6 Å². The van der Waals surface area contributed by atoms with Gasteiger partial charge < -0.3 is 15.5 Å². The van der Waals surface area contributed by atoms with E-state index in [2.05, 4.69) is 57.7 Å². The molecule has 1 aromatic rings. The maximum absolute atomic E-state index is 12.2. The average molecular weight is 468 g/mol. The van der Waals surface area contributed by atoms with Gasteiger partial charge >= 0.3 is 0 Å². The molecule has 8 heteroatoms. The van der Waals surface area contributed by atoms with Gasteiger partial charge in [-0.15, -0.1) is 37.2 Å². The maximum Gasteiger partial charge on any atom is 0.220 e. The Morgan fingerprint density at radius 2 is 1.69 bits per heavy atom. The number of benzene rings is 1. The van der Waals surface area contributed by atoms with Gasteiger partial charge in [0, 0.05) is 50.9 Å². The highest BCUT2D eigenvalue weighted by atomic mass is 35.5. The largest absolute Gasteiger partial charge is 0.369 e. The van der Waals surface area contributed by atoms with Gasteiger partial charge in [0.05, 0.1) is 0 Å². The molecule has 2 heterocycles. The second kappa shape index (κ2) is 15.1. The van der Waals surface area contributed by atoms with Crippen molar-refractivity contribution in [2.75, 3.05) is 50.7 Å². The molecule has 0 aliphatic carbocycles. The predicted molar refractivity (Wildman–Crippen MR) is 129 cm³/mol. The molecule has 5 nitrogen and oxygen atoms in total. The SMILES string of the molecule is CC(CNC(=O)CCC1CCNCC1)N1CCN(c2ccccc2)CC1.Cl.Cl.Cl. The Bertz CT molecular complexity index is 550. The van der Waals surface area contributed by atoms with Crippen LogP contribution < -0.4 is 15.5 Å². The molecule has 0 saturated carbocycles. The number of nitrogens with one attached hydrogen (secondary N) is 2. The molecule has 1 atom stereocenters. The fraction of sp³-hybridized carbons (Fsp3) is 0.667. The number of anilines is 1. The Morgan fingerprint density at radius 3 is 2.31 bits per heavy atom. The monoisotopic (exact) mass is 466 g/mol. The van der Waals surface area contributed by atoms with Crippen LogP contribution >= 0.6 is 37.2 Å². The van der Waals surface area contributed by atoms with Gasteiger partial charge in [-0.3, -0.25) is 9.69 Å². The lowest BCUT2D eigenvalue weighted by molar-refractivity contribution is -0.121. The zero-order valence-electron chi connectivity index (χ0n) is 17.3. The smallest absolute Gasteiger partial charge is 0.220 e. The number of nitrogens with zero attached hydrogens (tertiary/aromatic N) is 2. The Kier molecular flexibility index (Phi) is 14.8. The number of rotatable bonds is 7. The van der Waals surface area contributed by atoms with Crippen molar-refractivity contribution in [3.8, 4) is 0 Å². The van der Waals surface area contributed by atoms with E-state index in [9.17, 15) is 4.79 Å². The number of hydrogen-bond donors (Lipinski definition) is 2. The zero-order valence-corrected chi connectivity index (χ0v) is 19.8. The molecule has 0 bridgehead atoms. The summed E-state index contributed by atoms with van der Waals surface area (Å²) in [6.45, 7) is 9.43. The van der Waals surface area contributed by atoms with Crippen LogP contribution in [0.15, 0.2) is 30.3 Å². The lowest BCUT2D eigenvalue weighted by atomic mass is 9.93. The normalized spacial score (nSPS) is 18.6. The van der Waals surface area contributed by atoms with Crippen molar-refractivity contribution < 1.29 is 4.79 Å². The summed E-state index contributed by atoms with van der Waals surface area (Å²) < 4.78 is 0. The summed E-state index contributed by atoms with van der Waals surface area (Å²) in [4.78, 5) is 17.1. The molecule has 0 radical (unpaired) electrons. The average Bonchev–Trinajstić information content (AvgIpc) is 2.72. The summed E-state index contributed by atoms with van der Waals surface area (Å²) in [6.07, 6.45) is 4.15. The molecule has 2 aliphatic rings. The molecule has 1 amide bonds. The van der Waals surface area contributed by atoms with Gasteiger partial charge in [0.2, 0.25) is 5.91 Å². The first-order valence-corrected chi connectivity index (χ1v) is 10.2. The van der Waals surface area contributed by atoms with Gasteiger partial charge in [0.15, 0.2) is 0 Å². The van der Waals surface area contributed by atoms with Crippen LogP contribution in [0.3, 0.4) is 0 Å². The Labute approximate surface area is 194 Å². The first-order valence-electron chi connectivity index (χ1n) is 10.2. The van der Waals surface area contributed by atoms with Crippen molar-refractivity contribution in [2.45, 2.75) is 38.6 Å². The van der Waals surface area contributed by atoms with Crippen molar-refractivity contribution in [2.24, 2.45) is 5.92 Å². The summed E-state index contributed by atoms with van der Waals surface area (Å²) >= 11 is 0. The highest BCUT2D eigenvalue weighted by Crippen LogP contribution is 2.18. The van der Waals surface area contributed by atoms with E-state index in [0.717, 1.165) is 58.2 Å². The molecule has 2 N–H and O–H groups in total. The van der Waals surface area contributed by atoms with Gasteiger partial charge in [-0.25, -0.2) is 0 Å². The summed E-state index contributed by atoms with van der Waals surface area (Å²) in [6, 6.07) is 11.0. The highest BCUT2D eigenvalue weighted by molar-refractivity contribution is 5.86. The van der Waals surface area contributed by atoms with E-state index in [1.165, 1.54) is 18.5 Å². The van der Waals surface area contributed by atoms with Crippen molar-refractivity contribution in [3.63, 3.8) is 0 Å². The minimum atomic E-state index is 0. The van der Waals surface area contributed by atoms with E-state index >= 15 is 0 Å². The molecule has 1 unspecified atom stereocenters. The van der Waals surface area contributed by atoms with E-state index < -0.39 is 0 Å². The van der Waals surface area contributed by atoms with E-state index in [4.69, 9.17) is 0 Å². The first-order chi connectivity index (χ1) is 12.7. The van der Waals surface area contributed by atoms with Crippen molar-refractivity contribution in [3.05, 3.63) is 30.3 Å². The zero-order chi connectivity index (χ0) is 18.2. The molecule has 3 rings (SSSR count). The summed E-state index contributed by atoms with van der Waals surface area (Å²) in [7, 11) is 0. The van der Waals surface area contributed by atoms with Crippen LogP contribution in [0.2, 0.25) is 0 Å². The molecular weight excluding hydrogens is 431 g/mol. The van der Waals surface area contributed by atoms with Crippen LogP contribution in [0.25, 0.3) is 0 Å². The molecule has 168 valence electrons. The highest BCUT2D eigenvalue weighted by Gasteiger charge is 2.21. The van der Waals surface area contributed by atoms with E-state index in [0.29, 0.717) is 12.5 Å². The van der Waals surface area contributed by atoms with Crippen LogP contribution in [-0.2, 0) is 4.79 Å². The van der Waals surface area contributed by atoms with Crippen molar-refractivity contribution in [1.82, 2.24) is 15.5 Å². The number of hydrogen-bond acceptors (Lipinski definition) is 4. The quantitative estimate of drug-likeness (QED) is 0.645. The molecule has 2 saturated heterocycles. The maximum atomic E-state index is 12.2. The lowest BCUT2D eigenvalue weighted by Gasteiger charge is -2.39. The van der Waals surface area contributed by atoms with Gasteiger partial charge in [0.25, 0.3) is 0 Å². The molecule has 0 spiro atoms. The second-order valence-corrected chi connectivity index (χ2v) is 7.74. The Hall–Kier alpha value is -0.720. The fourth-order valence-corrected chi connectivity index (χ4v) is 4.04. The third-order valence-corrected chi connectivity index (χ3v) is 5.89. The van der Waals surface area contributed by atoms with Crippen LogP contribution in [-0.4, -0.2) is 62.7 Å². The Morgan fingerprint density at radius 1 is 1.07 bits per heavy atom. The number of amides is 1. The predicted octanol–water partition coefficient (Wildman–Crippen LogP) is 3.36. The summed E-state index contributed by atoms with van der Waals surface area (Å²) in [5.41, 5.74) is 1.31. The molecular formula is C21H37Cl3N4O. The van der Waals surface area contributed by atoms with Crippen LogP contribution in [0.4, 0.5) is 5.69 Å². The second-order valence-electron chi connectivity index (χ2n) is 7.74. The number of carbonyl (C=O) groups excluding carboxylic acids is 1. The standard InChI is InChI=1S/C21H34N4O.3ClH/c1-18(17-23-21(26)8-7-19-9-11-22-12-10-19)24-13-15-25(16-14-24)20-5-3-2-4-6-20;;;/h2-6,18-19,22H,7-17H2,1H3,(H,23,26);3*1H. The third-order valence-electron chi connectivity index (χ3n) is 5.89. The van der Waals surface area contributed by atoms with Crippen LogP contribution in [0.1, 0.15) is 32.6 Å².